The van der Waals surface area contributed by atoms with Gasteiger partial charge in [0.1, 0.15) is 11.3 Å². The van der Waals surface area contributed by atoms with E-state index in [1.807, 2.05) is 0 Å². The number of ether oxygens (including phenoxy) is 4. The maximum Gasteiger partial charge on any atom is 0.342 e. The van der Waals surface area contributed by atoms with Gasteiger partial charge in [-0.15, -0.1) is 10.2 Å². The Bertz CT molecular complexity index is 952. The van der Waals surface area contributed by atoms with Gasteiger partial charge in [-0.1, -0.05) is 6.07 Å². The summed E-state index contributed by atoms with van der Waals surface area (Å²) in [6.07, 6.45) is -0.747. The molecule has 0 aliphatic rings. The van der Waals surface area contributed by atoms with Crippen molar-refractivity contribution >= 4 is 5.97 Å². The molecule has 28 heavy (non-hydrogen) atoms. The Kier molecular flexibility index (Phi) is 5.78. The first kappa shape index (κ1) is 19.2. The third-order valence-electron chi connectivity index (χ3n) is 4.03. The largest absolute Gasteiger partial charge is 0.497 e. The van der Waals surface area contributed by atoms with Crippen molar-refractivity contribution in [3.8, 4) is 28.7 Å². The summed E-state index contributed by atoms with van der Waals surface area (Å²) in [4.78, 5) is 12.6. The summed E-state index contributed by atoms with van der Waals surface area (Å²) in [7, 11) is 4.54. The molecule has 0 N–H and O–H groups in total. The van der Waals surface area contributed by atoms with E-state index in [-0.39, 0.29) is 11.5 Å². The van der Waals surface area contributed by atoms with E-state index in [4.69, 9.17) is 23.4 Å². The maximum atomic E-state index is 12.6. The van der Waals surface area contributed by atoms with E-state index in [2.05, 4.69) is 10.2 Å². The molecule has 0 aliphatic carbocycles. The first-order chi connectivity index (χ1) is 13.6. The van der Waals surface area contributed by atoms with Gasteiger partial charge in [-0.2, -0.15) is 0 Å². The van der Waals surface area contributed by atoms with Crippen LogP contribution in [0.2, 0.25) is 0 Å². The van der Waals surface area contributed by atoms with Crippen LogP contribution in [0.4, 0.5) is 0 Å². The van der Waals surface area contributed by atoms with Gasteiger partial charge in [-0.3, -0.25) is 0 Å². The lowest BCUT2D eigenvalue weighted by atomic mass is 10.2. The molecule has 0 spiro atoms. The van der Waals surface area contributed by atoms with Crippen LogP contribution in [0.15, 0.2) is 46.9 Å². The Morgan fingerprint density at radius 2 is 1.71 bits per heavy atom. The second kappa shape index (κ2) is 8.43. The molecule has 0 bridgehead atoms. The van der Waals surface area contributed by atoms with Crippen molar-refractivity contribution in [1.82, 2.24) is 10.2 Å². The highest BCUT2D eigenvalue weighted by Crippen LogP contribution is 2.32. The highest BCUT2D eigenvalue weighted by molar-refractivity contribution is 5.93. The minimum absolute atomic E-state index is 0.182. The molecule has 0 aliphatic heterocycles. The quantitative estimate of drug-likeness (QED) is 0.570. The standard InChI is InChI=1S/C20H20N2O6/c1-12(27-20(23)15-6-5-7-16(25-3)17(15)26-4)18-21-22-19(28-18)13-8-10-14(24-2)11-9-13/h5-12H,1-4H3. The van der Waals surface area contributed by atoms with Crippen molar-refractivity contribution in [2.75, 3.05) is 21.3 Å². The molecule has 3 rings (SSSR count). The predicted molar refractivity (Wildman–Crippen MR) is 99.7 cm³/mol. The van der Waals surface area contributed by atoms with Crippen molar-refractivity contribution in [2.24, 2.45) is 0 Å². The fourth-order valence-electron chi connectivity index (χ4n) is 2.57. The number of carbonyl (C=O) groups is 1. The highest BCUT2D eigenvalue weighted by Gasteiger charge is 2.23. The average Bonchev–Trinajstić information content (AvgIpc) is 3.23. The molecular weight excluding hydrogens is 364 g/mol. The van der Waals surface area contributed by atoms with Gasteiger partial charge in [0.15, 0.2) is 17.6 Å². The number of methoxy groups -OCH3 is 3. The predicted octanol–water partition coefficient (Wildman–Crippen LogP) is 3.68. The maximum absolute atomic E-state index is 12.6. The van der Waals surface area contributed by atoms with Crippen LogP contribution < -0.4 is 14.2 Å². The average molecular weight is 384 g/mol. The zero-order valence-electron chi connectivity index (χ0n) is 16.0. The Balaban J connectivity index is 1.76. The van der Waals surface area contributed by atoms with Gasteiger partial charge in [-0.05, 0) is 43.3 Å². The number of aromatic nitrogens is 2. The summed E-state index contributed by atoms with van der Waals surface area (Å²) in [5.41, 5.74) is 0.969. The third kappa shape index (κ3) is 3.90. The molecule has 0 amide bonds. The molecule has 0 radical (unpaired) electrons. The number of rotatable bonds is 7. The van der Waals surface area contributed by atoms with Crippen LogP contribution in [0, 0.1) is 0 Å². The number of benzene rings is 2. The molecule has 1 atom stereocenters. The molecular formula is C20H20N2O6. The van der Waals surface area contributed by atoms with Crippen LogP contribution in [0.25, 0.3) is 11.5 Å². The van der Waals surface area contributed by atoms with Crippen molar-refractivity contribution < 1.29 is 28.2 Å². The first-order valence-electron chi connectivity index (χ1n) is 8.47. The van der Waals surface area contributed by atoms with E-state index in [1.54, 1.807) is 56.5 Å². The van der Waals surface area contributed by atoms with Crippen LogP contribution in [-0.2, 0) is 4.74 Å². The van der Waals surface area contributed by atoms with Crippen molar-refractivity contribution in [3.63, 3.8) is 0 Å². The van der Waals surface area contributed by atoms with Gasteiger partial charge < -0.3 is 23.4 Å². The van der Waals surface area contributed by atoms with Crippen LogP contribution in [-0.4, -0.2) is 37.5 Å². The lowest BCUT2D eigenvalue weighted by Gasteiger charge is -2.13. The summed E-state index contributed by atoms with van der Waals surface area (Å²) in [6.45, 7) is 1.65. The summed E-state index contributed by atoms with van der Waals surface area (Å²) in [6, 6.07) is 12.1. The molecule has 0 saturated heterocycles. The van der Waals surface area contributed by atoms with E-state index in [0.717, 1.165) is 11.3 Å². The molecule has 1 unspecified atom stereocenters. The van der Waals surface area contributed by atoms with Crippen molar-refractivity contribution in [3.05, 3.63) is 53.9 Å². The van der Waals surface area contributed by atoms with Gasteiger partial charge >= 0.3 is 5.97 Å². The lowest BCUT2D eigenvalue weighted by Crippen LogP contribution is -2.11. The van der Waals surface area contributed by atoms with E-state index < -0.39 is 12.1 Å². The monoisotopic (exact) mass is 384 g/mol. The molecule has 3 aromatic rings. The molecule has 0 saturated carbocycles. The molecule has 146 valence electrons. The van der Waals surface area contributed by atoms with Crippen molar-refractivity contribution in [1.29, 1.82) is 0 Å². The van der Waals surface area contributed by atoms with Gasteiger partial charge in [-0.25, -0.2) is 4.79 Å². The number of hydrogen-bond donors (Lipinski definition) is 0. The lowest BCUT2D eigenvalue weighted by molar-refractivity contribution is 0.0276. The van der Waals surface area contributed by atoms with Gasteiger partial charge in [0.05, 0.1) is 21.3 Å². The minimum Gasteiger partial charge on any atom is -0.497 e. The molecule has 0 fully saturated rings. The SMILES string of the molecule is COc1ccc(-c2nnc(C(C)OC(=O)c3cccc(OC)c3OC)o2)cc1. The molecule has 1 aromatic heterocycles. The van der Waals surface area contributed by atoms with Crippen LogP contribution in [0.5, 0.6) is 17.2 Å². The second-order valence-electron chi connectivity index (χ2n) is 5.76. The first-order valence-corrected chi connectivity index (χ1v) is 8.47. The molecule has 8 heteroatoms. The summed E-state index contributed by atoms with van der Waals surface area (Å²) < 4.78 is 26.7. The number of nitrogens with zero attached hydrogens (tertiary/aromatic N) is 2. The second-order valence-corrected chi connectivity index (χ2v) is 5.76. The number of para-hydroxylation sites is 1. The van der Waals surface area contributed by atoms with Gasteiger partial charge in [0.2, 0.25) is 5.89 Å². The number of hydrogen-bond acceptors (Lipinski definition) is 8. The van der Waals surface area contributed by atoms with Crippen LogP contribution in [0.3, 0.4) is 0 Å². The Labute approximate surface area is 162 Å². The summed E-state index contributed by atoms with van der Waals surface area (Å²) in [5.74, 6) is 1.36. The Morgan fingerprint density at radius 3 is 2.36 bits per heavy atom. The summed E-state index contributed by atoms with van der Waals surface area (Å²) in [5, 5.41) is 7.99. The fourth-order valence-corrected chi connectivity index (χ4v) is 2.57. The van der Waals surface area contributed by atoms with Crippen molar-refractivity contribution in [2.45, 2.75) is 13.0 Å². The fraction of sp³-hybridized carbons (Fsp3) is 0.250. The normalized spacial score (nSPS) is 11.6. The smallest absolute Gasteiger partial charge is 0.342 e. The molecule has 1 heterocycles. The third-order valence-corrected chi connectivity index (χ3v) is 4.03. The zero-order valence-corrected chi connectivity index (χ0v) is 16.0. The van der Waals surface area contributed by atoms with E-state index in [1.165, 1.54) is 14.2 Å². The molecule has 8 nitrogen and oxygen atoms in total. The van der Waals surface area contributed by atoms with Crippen LogP contribution >= 0.6 is 0 Å². The highest BCUT2D eigenvalue weighted by atomic mass is 16.6. The number of esters is 1. The van der Waals surface area contributed by atoms with Crippen LogP contribution in [0.1, 0.15) is 29.3 Å². The summed E-state index contributed by atoms with van der Waals surface area (Å²) >= 11 is 0. The topological polar surface area (TPSA) is 92.9 Å². The van der Waals surface area contributed by atoms with Gasteiger partial charge in [0, 0.05) is 5.56 Å². The Hall–Kier alpha value is -3.55. The van der Waals surface area contributed by atoms with Gasteiger partial charge in [0.25, 0.3) is 5.89 Å². The zero-order chi connectivity index (χ0) is 20.1. The Morgan fingerprint density at radius 1 is 0.964 bits per heavy atom. The minimum atomic E-state index is -0.747. The molecule has 2 aromatic carbocycles. The van der Waals surface area contributed by atoms with E-state index in [9.17, 15) is 4.79 Å². The number of carbonyl (C=O) groups excluding carboxylic acids is 1. The van der Waals surface area contributed by atoms with E-state index >= 15 is 0 Å². The van der Waals surface area contributed by atoms with E-state index in [0.29, 0.717) is 17.4 Å².